The molecular formula is C17H17NO5S. The van der Waals surface area contributed by atoms with Gasteiger partial charge in [0.1, 0.15) is 6.42 Å². The fourth-order valence-electron chi connectivity index (χ4n) is 1.98. The van der Waals surface area contributed by atoms with Crippen LogP contribution in [0.1, 0.15) is 23.7 Å². The Hall–Kier alpha value is -2.67. The van der Waals surface area contributed by atoms with Crippen molar-refractivity contribution in [3.63, 3.8) is 0 Å². The van der Waals surface area contributed by atoms with E-state index in [9.17, 15) is 18.0 Å². The van der Waals surface area contributed by atoms with Crippen molar-refractivity contribution in [1.82, 2.24) is 0 Å². The summed E-state index contributed by atoms with van der Waals surface area (Å²) < 4.78 is 31.5. The number of sulfonamides is 1. The lowest BCUT2D eigenvalue weighted by Gasteiger charge is -2.08. The number of nitrogens with one attached hydrogen (secondary N) is 1. The Morgan fingerprint density at radius 2 is 1.62 bits per heavy atom. The van der Waals surface area contributed by atoms with Gasteiger partial charge in [-0.1, -0.05) is 18.2 Å². The minimum Gasteiger partial charge on any atom is -0.466 e. The predicted octanol–water partition coefficient (Wildman–Crippen LogP) is 2.62. The third kappa shape index (κ3) is 4.66. The van der Waals surface area contributed by atoms with Gasteiger partial charge in [0.25, 0.3) is 10.0 Å². The number of hydrogen-bond acceptors (Lipinski definition) is 5. The third-order valence-electron chi connectivity index (χ3n) is 3.12. The topological polar surface area (TPSA) is 89.5 Å². The summed E-state index contributed by atoms with van der Waals surface area (Å²) in [6.45, 7) is 1.88. The molecule has 0 aliphatic rings. The van der Waals surface area contributed by atoms with Gasteiger partial charge in [0.15, 0.2) is 5.78 Å². The molecule has 0 spiro atoms. The standard InChI is InChI=1S/C17H17NO5S/c1-2-23-17(20)12-16(19)13-8-10-14(11-9-13)18-24(21,22)15-6-4-3-5-7-15/h3-11,18H,2,12H2,1H3. The molecule has 0 aromatic heterocycles. The van der Waals surface area contributed by atoms with Crippen LogP contribution in [0, 0.1) is 0 Å². The van der Waals surface area contributed by atoms with Crippen molar-refractivity contribution in [2.45, 2.75) is 18.2 Å². The van der Waals surface area contributed by atoms with Gasteiger partial charge < -0.3 is 4.74 Å². The van der Waals surface area contributed by atoms with Gasteiger partial charge in [-0.2, -0.15) is 0 Å². The number of ketones is 1. The second kappa shape index (κ2) is 7.74. The monoisotopic (exact) mass is 347 g/mol. The molecule has 0 fully saturated rings. The molecule has 0 heterocycles. The lowest BCUT2D eigenvalue weighted by molar-refractivity contribution is -0.141. The molecular weight excluding hydrogens is 330 g/mol. The predicted molar refractivity (Wildman–Crippen MR) is 89.3 cm³/mol. The van der Waals surface area contributed by atoms with E-state index >= 15 is 0 Å². The number of carbonyl (C=O) groups is 2. The molecule has 126 valence electrons. The van der Waals surface area contributed by atoms with Crippen LogP contribution < -0.4 is 4.72 Å². The summed E-state index contributed by atoms with van der Waals surface area (Å²) in [6.07, 6.45) is -0.344. The van der Waals surface area contributed by atoms with Gasteiger partial charge in [-0.05, 0) is 43.3 Å². The second-order valence-electron chi connectivity index (χ2n) is 4.90. The number of benzene rings is 2. The lowest BCUT2D eigenvalue weighted by atomic mass is 10.1. The fraction of sp³-hybridized carbons (Fsp3) is 0.176. The van der Waals surface area contributed by atoms with Gasteiger partial charge in [-0.15, -0.1) is 0 Å². The highest BCUT2D eigenvalue weighted by molar-refractivity contribution is 7.92. The zero-order valence-corrected chi connectivity index (χ0v) is 13.9. The summed E-state index contributed by atoms with van der Waals surface area (Å²) in [7, 11) is -3.68. The maximum atomic E-state index is 12.2. The summed E-state index contributed by atoms with van der Waals surface area (Å²) in [5.74, 6) is -0.970. The summed E-state index contributed by atoms with van der Waals surface area (Å²) in [4.78, 5) is 23.4. The minimum absolute atomic E-state index is 0.146. The van der Waals surface area contributed by atoms with Gasteiger partial charge in [-0.25, -0.2) is 8.42 Å². The van der Waals surface area contributed by atoms with E-state index in [1.807, 2.05) is 0 Å². The number of rotatable bonds is 7. The molecule has 0 radical (unpaired) electrons. The van der Waals surface area contributed by atoms with Crippen molar-refractivity contribution in [2.75, 3.05) is 11.3 Å². The fourth-order valence-corrected chi connectivity index (χ4v) is 3.06. The molecule has 0 amide bonds. The molecule has 0 bridgehead atoms. The molecule has 0 unspecified atom stereocenters. The Morgan fingerprint density at radius 1 is 1.00 bits per heavy atom. The summed E-state index contributed by atoms with van der Waals surface area (Å²) in [5, 5.41) is 0. The Kier molecular flexibility index (Phi) is 5.70. The summed E-state index contributed by atoms with van der Waals surface area (Å²) in [6, 6.07) is 13.8. The number of esters is 1. The van der Waals surface area contributed by atoms with Crippen molar-refractivity contribution in [3.05, 3.63) is 60.2 Å². The summed E-state index contributed by atoms with van der Waals surface area (Å²) in [5.41, 5.74) is 0.636. The van der Waals surface area contributed by atoms with Crippen LogP contribution in [0.15, 0.2) is 59.5 Å². The van der Waals surface area contributed by atoms with Gasteiger partial charge in [0.2, 0.25) is 0 Å². The molecule has 1 N–H and O–H groups in total. The largest absolute Gasteiger partial charge is 0.466 e. The van der Waals surface area contributed by atoms with Gasteiger partial charge in [0, 0.05) is 11.3 Å². The second-order valence-corrected chi connectivity index (χ2v) is 6.58. The van der Waals surface area contributed by atoms with E-state index in [1.165, 1.54) is 36.4 Å². The van der Waals surface area contributed by atoms with Gasteiger partial charge in [0.05, 0.1) is 11.5 Å². The average Bonchev–Trinajstić information content (AvgIpc) is 2.56. The van der Waals surface area contributed by atoms with E-state index in [4.69, 9.17) is 4.74 Å². The molecule has 2 rings (SSSR count). The molecule has 0 aliphatic heterocycles. The van der Waals surface area contributed by atoms with E-state index < -0.39 is 16.0 Å². The molecule has 6 nitrogen and oxygen atoms in total. The van der Waals surface area contributed by atoms with Crippen molar-refractivity contribution < 1.29 is 22.7 Å². The Morgan fingerprint density at radius 3 is 2.21 bits per heavy atom. The Bertz CT molecular complexity index is 814. The minimum atomic E-state index is -3.68. The first kappa shape index (κ1) is 17.7. The summed E-state index contributed by atoms with van der Waals surface area (Å²) >= 11 is 0. The first-order valence-corrected chi connectivity index (χ1v) is 8.77. The number of Topliss-reactive ketones (excluding diaryl/α,β-unsaturated/α-hetero) is 1. The van der Waals surface area contributed by atoms with Crippen molar-refractivity contribution in [2.24, 2.45) is 0 Å². The maximum absolute atomic E-state index is 12.2. The highest BCUT2D eigenvalue weighted by Crippen LogP contribution is 2.17. The number of carbonyl (C=O) groups excluding carboxylic acids is 2. The van der Waals surface area contributed by atoms with Gasteiger partial charge in [-0.3, -0.25) is 14.3 Å². The Labute approximate surface area is 140 Å². The van der Waals surface area contributed by atoms with Crippen molar-refractivity contribution in [1.29, 1.82) is 0 Å². The number of anilines is 1. The van der Waals surface area contributed by atoms with E-state index in [-0.39, 0.29) is 23.7 Å². The first-order valence-electron chi connectivity index (χ1n) is 7.29. The van der Waals surface area contributed by atoms with E-state index in [1.54, 1.807) is 25.1 Å². The highest BCUT2D eigenvalue weighted by atomic mass is 32.2. The van der Waals surface area contributed by atoms with Crippen LogP contribution in [-0.2, 0) is 19.6 Å². The molecule has 0 atom stereocenters. The number of hydrogen-bond donors (Lipinski definition) is 1. The SMILES string of the molecule is CCOC(=O)CC(=O)c1ccc(NS(=O)(=O)c2ccccc2)cc1. The molecule has 0 saturated heterocycles. The molecule has 0 saturated carbocycles. The third-order valence-corrected chi connectivity index (χ3v) is 4.52. The molecule has 0 aliphatic carbocycles. The van der Waals surface area contributed by atoms with E-state index in [0.717, 1.165) is 0 Å². The van der Waals surface area contributed by atoms with E-state index in [0.29, 0.717) is 11.3 Å². The quantitative estimate of drug-likeness (QED) is 0.472. The van der Waals surface area contributed by atoms with Crippen LogP contribution in [0.2, 0.25) is 0 Å². The zero-order chi connectivity index (χ0) is 17.6. The molecule has 2 aromatic rings. The number of ether oxygens (including phenoxy) is 1. The van der Waals surface area contributed by atoms with E-state index in [2.05, 4.69) is 4.72 Å². The lowest BCUT2D eigenvalue weighted by Crippen LogP contribution is -2.13. The van der Waals surface area contributed by atoms with Crippen LogP contribution in [0.3, 0.4) is 0 Å². The zero-order valence-electron chi connectivity index (χ0n) is 13.1. The van der Waals surface area contributed by atoms with Crippen LogP contribution in [0.4, 0.5) is 5.69 Å². The van der Waals surface area contributed by atoms with Crippen LogP contribution in [0.5, 0.6) is 0 Å². The van der Waals surface area contributed by atoms with Crippen LogP contribution in [-0.4, -0.2) is 26.8 Å². The average molecular weight is 347 g/mol. The molecule has 2 aromatic carbocycles. The first-order chi connectivity index (χ1) is 11.4. The maximum Gasteiger partial charge on any atom is 0.313 e. The Balaban J connectivity index is 2.07. The van der Waals surface area contributed by atoms with Crippen molar-refractivity contribution in [3.8, 4) is 0 Å². The van der Waals surface area contributed by atoms with Crippen LogP contribution in [0.25, 0.3) is 0 Å². The van der Waals surface area contributed by atoms with Gasteiger partial charge >= 0.3 is 5.97 Å². The molecule has 7 heteroatoms. The highest BCUT2D eigenvalue weighted by Gasteiger charge is 2.15. The smallest absolute Gasteiger partial charge is 0.313 e. The normalized spacial score (nSPS) is 10.9. The van der Waals surface area contributed by atoms with Crippen LogP contribution >= 0.6 is 0 Å². The van der Waals surface area contributed by atoms with Crippen molar-refractivity contribution >= 4 is 27.5 Å². The molecule has 24 heavy (non-hydrogen) atoms.